The van der Waals surface area contributed by atoms with Gasteiger partial charge in [-0.05, 0) is 44.9 Å². The lowest BCUT2D eigenvalue weighted by molar-refractivity contribution is -0.360. The molecule has 2 heterocycles. The second-order valence-electron chi connectivity index (χ2n) is 28.4. The Morgan fingerprint density at radius 2 is 0.700 bits per heavy atom. The summed E-state index contributed by atoms with van der Waals surface area (Å²) in [6, 6.07) is 0. The average Bonchev–Trinajstić information content (AvgIpc) is 0.761. The van der Waals surface area contributed by atoms with Gasteiger partial charge in [0.05, 0.1) is 13.2 Å². The van der Waals surface area contributed by atoms with Crippen LogP contribution in [0.5, 0.6) is 0 Å². The molecule has 588 valence electrons. The van der Waals surface area contributed by atoms with E-state index in [9.17, 15) is 74.9 Å². The molecular formula is C75H139O24P. The summed E-state index contributed by atoms with van der Waals surface area (Å²) in [7, 11) is -5.70. The second kappa shape index (κ2) is 57.0. The fourth-order valence-electron chi connectivity index (χ4n) is 13.1. The average molecular weight is 1460 g/mol. The molecule has 0 amide bonds. The van der Waals surface area contributed by atoms with Crippen LogP contribution in [0.15, 0.2) is 12.2 Å². The minimum absolute atomic E-state index is 0.0322. The van der Waals surface area contributed by atoms with Crippen LogP contribution >= 0.6 is 7.82 Å². The molecule has 0 aromatic carbocycles. The van der Waals surface area contributed by atoms with Crippen molar-refractivity contribution in [3.8, 4) is 0 Å². The van der Waals surface area contributed by atoms with Crippen LogP contribution in [0.1, 0.15) is 316 Å². The maximum atomic E-state index is 14.3. The predicted molar refractivity (Wildman–Crippen MR) is 379 cm³/mol. The first-order valence-electron chi connectivity index (χ1n) is 39.5. The molecule has 0 spiro atoms. The number of hydrogen-bond acceptors (Lipinski definition) is 23. The summed E-state index contributed by atoms with van der Waals surface area (Å²) in [5.41, 5.74) is 0. The molecule has 2 aliphatic heterocycles. The Morgan fingerprint density at radius 1 is 0.380 bits per heavy atom. The number of esters is 3. The number of phosphoric ester groups is 1. The predicted octanol–water partition coefficient (Wildman–Crippen LogP) is 11.5. The summed E-state index contributed by atoms with van der Waals surface area (Å²) in [5, 5.41) is 110. The van der Waals surface area contributed by atoms with Crippen molar-refractivity contribution in [3.63, 3.8) is 0 Å². The molecule has 18 atom stereocenters. The number of carbonyl (C=O) groups is 3. The van der Waals surface area contributed by atoms with Gasteiger partial charge < -0.3 is 89.1 Å². The van der Waals surface area contributed by atoms with Gasteiger partial charge in [-0.25, -0.2) is 4.57 Å². The van der Waals surface area contributed by atoms with Crippen LogP contribution in [0, 0.1) is 0 Å². The zero-order valence-corrected chi connectivity index (χ0v) is 62.4. The molecule has 11 N–H and O–H groups in total. The van der Waals surface area contributed by atoms with Crippen LogP contribution in [-0.4, -0.2) is 204 Å². The smallest absolute Gasteiger partial charge is 0.463 e. The Kier molecular flexibility index (Phi) is 52.3. The van der Waals surface area contributed by atoms with Crippen molar-refractivity contribution in [2.24, 2.45) is 0 Å². The van der Waals surface area contributed by atoms with E-state index in [1.54, 1.807) is 0 Å². The molecule has 2 saturated heterocycles. The number of aliphatic hydroxyl groups excluding tert-OH is 10. The molecule has 18 unspecified atom stereocenters. The highest BCUT2D eigenvalue weighted by atomic mass is 31.2. The van der Waals surface area contributed by atoms with Gasteiger partial charge in [-0.1, -0.05) is 264 Å². The number of rotatable bonds is 62. The van der Waals surface area contributed by atoms with Gasteiger partial charge in [0, 0.05) is 19.3 Å². The zero-order valence-electron chi connectivity index (χ0n) is 61.5. The molecule has 0 bridgehead atoms. The fourth-order valence-corrected chi connectivity index (χ4v) is 14.1. The zero-order chi connectivity index (χ0) is 73.2. The molecule has 3 rings (SSSR count). The monoisotopic (exact) mass is 1450 g/mol. The number of ether oxygens (including phenoxy) is 7. The molecule has 1 saturated carbocycles. The summed E-state index contributed by atoms with van der Waals surface area (Å²) < 4.78 is 65.1. The van der Waals surface area contributed by atoms with Gasteiger partial charge in [-0.2, -0.15) is 0 Å². The summed E-state index contributed by atoms with van der Waals surface area (Å²) >= 11 is 0. The summed E-state index contributed by atoms with van der Waals surface area (Å²) in [5.74, 6) is -1.99. The molecule has 3 aliphatic rings. The second-order valence-corrected chi connectivity index (χ2v) is 29.8. The van der Waals surface area contributed by atoms with E-state index >= 15 is 0 Å². The van der Waals surface area contributed by atoms with E-state index in [0.29, 0.717) is 25.7 Å². The highest BCUT2D eigenvalue weighted by molar-refractivity contribution is 7.47. The number of aliphatic hydroxyl groups is 10. The van der Waals surface area contributed by atoms with Crippen LogP contribution < -0.4 is 0 Å². The summed E-state index contributed by atoms with van der Waals surface area (Å²) in [6.07, 6.45) is 16.9. The minimum Gasteiger partial charge on any atom is -0.463 e. The Morgan fingerprint density at radius 3 is 1.09 bits per heavy atom. The maximum absolute atomic E-state index is 14.3. The lowest BCUT2D eigenvalue weighted by atomic mass is 9.84. The SMILES string of the molecule is CCCCCCCC/C=C\CCCCCC(=O)OC(COC(=O)CCCCCCCCCCCCCCCCCCC)COP(=O)(O)OC1C(OC2OC(CO)C(O)C(O)C2O)C(O)C(O)C(O)C1OC1OC(COC(=O)CCCCCCCCCCCCCCCCC)C(O)C(O)C1O. The third-order valence-corrected chi connectivity index (χ3v) is 20.5. The molecule has 25 heteroatoms. The van der Waals surface area contributed by atoms with Gasteiger partial charge in [0.2, 0.25) is 0 Å². The Bertz CT molecular complexity index is 2110. The van der Waals surface area contributed by atoms with Crippen molar-refractivity contribution < 1.29 is 117 Å². The Labute approximate surface area is 599 Å². The van der Waals surface area contributed by atoms with E-state index in [1.807, 2.05) is 0 Å². The first-order chi connectivity index (χ1) is 48.3. The first kappa shape index (κ1) is 91.9. The third kappa shape index (κ3) is 39.3. The van der Waals surface area contributed by atoms with E-state index in [0.717, 1.165) is 83.5 Å². The molecule has 0 aromatic rings. The first-order valence-corrected chi connectivity index (χ1v) is 41.0. The maximum Gasteiger partial charge on any atom is 0.472 e. The lowest BCUT2D eigenvalue weighted by Crippen LogP contribution is -2.69. The highest BCUT2D eigenvalue weighted by Crippen LogP contribution is 2.49. The summed E-state index contributed by atoms with van der Waals surface area (Å²) in [4.78, 5) is 51.1. The standard InChI is InChI=1S/C75H139O24P/c1-4-7-10-13-16-19-22-25-27-28-30-33-34-37-40-43-46-49-59(77)91-53-56(94-61(79)51-48-45-42-39-36-31-24-21-18-15-12-9-6-3)54-93-100(89,90)99-73-71(97-74-69(87)64(82)62(80)57(52-76)95-74)67(85)66(84)68(86)72(73)98-75-70(88)65(83)63(81)58(96-75)55-92-60(78)50-47-44-41-38-35-32-29-26-23-20-17-14-11-8-5-2/h31,36,56-58,62-76,80-88H,4-30,32-35,37-55H2,1-3H3,(H,89,90)/b36-31-. The molecule has 0 radical (unpaired) electrons. The molecule has 24 nitrogen and oxygen atoms in total. The van der Waals surface area contributed by atoms with Crippen LogP contribution in [-0.2, 0) is 61.2 Å². The molecule has 100 heavy (non-hydrogen) atoms. The van der Waals surface area contributed by atoms with Crippen molar-refractivity contribution in [1.29, 1.82) is 0 Å². The quantitative estimate of drug-likeness (QED) is 0.00886. The van der Waals surface area contributed by atoms with E-state index in [4.69, 9.17) is 42.2 Å². The van der Waals surface area contributed by atoms with Crippen molar-refractivity contribution in [3.05, 3.63) is 12.2 Å². The fraction of sp³-hybridized carbons (Fsp3) is 0.933. The Hall–Kier alpha value is -2.30. The van der Waals surface area contributed by atoms with Gasteiger partial charge >= 0.3 is 25.7 Å². The third-order valence-electron chi connectivity index (χ3n) is 19.5. The van der Waals surface area contributed by atoms with Crippen LogP contribution in [0.4, 0.5) is 0 Å². The molecule has 0 aromatic heterocycles. The largest absolute Gasteiger partial charge is 0.472 e. The number of allylic oxidation sites excluding steroid dienone is 2. The van der Waals surface area contributed by atoms with Gasteiger partial charge in [0.1, 0.15) is 98.7 Å². The highest BCUT2D eigenvalue weighted by Gasteiger charge is 2.58. The minimum atomic E-state index is -5.70. The van der Waals surface area contributed by atoms with Gasteiger partial charge in [0.15, 0.2) is 18.7 Å². The van der Waals surface area contributed by atoms with Crippen molar-refractivity contribution in [1.82, 2.24) is 0 Å². The number of unbranched alkanes of at least 4 members (excludes halogenated alkanes) is 39. The van der Waals surface area contributed by atoms with Crippen molar-refractivity contribution in [2.75, 3.05) is 26.4 Å². The van der Waals surface area contributed by atoms with Crippen molar-refractivity contribution in [2.45, 2.75) is 420 Å². The van der Waals surface area contributed by atoms with Crippen LogP contribution in [0.25, 0.3) is 0 Å². The van der Waals surface area contributed by atoms with Gasteiger partial charge in [-0.15, -0.1) is 0 Å². The van der Waals surface area contributed by atoms with Crippen LogP contribution in [0.2, 0.25) is 0 Å². The lowest BCUT2D eigenvalue weighted by Gasteiger charge is -2.49. The van der Waals surface area contributed by atoms with E-state index in [-0.39, 0.29) is 19.3 Å². The summed E-state index contributed by atoms with van der Waals surface area (Å²) in [6.45, 7) is 3.46. The van der Waals surface area contributed by atoms with E-state index in [1.165, 1.54) is 167 Å². The van der Waals surface area contributed by atoms with Gasteiger partial charge in [-0.3, -0.25) is 23.4 Å². The van der Waals surface area contributed by atoms with E-state index < -0.39 is 156 Å². The molecule has 1 aliphatic carbocycles. The molecular weight excluding hydrogens is 1320 g/mol. The van der Waals surface area contributed by atoms with Crippen molar-refractivity contribution >= 4 is 25.7 Å². The number of phosphoric acid groups is 1. The number of hydrogen-bond donors (Lipinski definition) is 11. The molecule has 3 fully saturated rings. The van der Waals surface area contributed by atoms with E-state index in [2.05, 4.69) is 32.9 Å². The topological polar surface area (TPSA) is 374 Å². The normalized spacial score (nSPS) is 27.3. The van der Waals surface area contributed by atoms with Crippen LogP contribution in [0.3, 0.4) is 0 Å². The Balaban J connectivity index is 1.71. The number of carbonyl (C=O) groups excluding carboxylic acids is 3. The van der Waals surface area contributed by atoms with Gasteiger partial charge in [0.25, 0.3) is 0 Å².